The molecule has 5 heteroatoms. The van der Waals surface area contributed by atoms with Gasteiger partial charge < -0.3 is 15.0 Å². The lowest BCUT2D eigenvalue weighted by molar-refractivity contribution is 0.196. The maximum atomic E-state index is 5.12. The van der Waals surface area contributed by atoms with E-state index >= 15 is 0 Å². The van der Waals surface area contributed by atoms with Crippen LogP contribution < -0.4 is 10.2 Å². The Morgan fingerprint density at radius 3 is 2.76 bits per heavy atom. The Hall–Kier alpha value is -0.650. The third kappa shape index (κ3) is 5.93. The van der Waals surface area contributed by atoms with Crippen LogP contribution in [0.25, 0.3) is 0 Å². The molecule has 1 N–H and O–H groups in total. The van der Waals surface area contributed by atoms with E-state index in [9.17, 15) is 0 Å². The van der Waals surface area contributed by atoms with Gasteiger partial charge in [0.1, 0.15) is 0 Å². The van der Waals surface area contributed by atoms with Crippen LogP contribution in [0, 0.1) is 0 Å². The number of anilines is 1. The number of nitrogens with zero attached hydrogens (tertiary/aromatic N) is 2. The second kappa shape index (κ2) is 10.1. The molecule has 1 rings (SSSR count). The van der Waals surface area contributed by atoms with Crippen LogP contribution >= 0.6 is 11.3 Å². The normalized spacial score (nSPS) is 12.6. The summed E-state index contributed by atoms with van der Waals surface area (Å²) in [6.07, 6.45) is 3.34. The van der Waals surface area contributed by atoms with E-state index in [1.807, 2.05) is 11.3 Å². The van der Waals surface area contributed by atoms with E-state index in [-0.39, 0.29) is 0 Å². The molecule has 0 radical (unpaired) electrons. The van der Waals surface area contributed by atoms with Crippen molar-refractivity contribution >= 4 is 16.5 Å². The van der Waals surface area contributed by atoms with E-state index in [0.29, 0.717) is 5.92 Å². The van der Waals surface area contributed by atoms with Crippen LogP contribution in [0.15, 0.2) is 0 Å². The summed E-state index contributed by atoms with van der Waals surface area (Å²) in [7, 11) is 3.88. The lowest BCUT2D eigenvalue weighted by atomic mass is 10.0. The molecule has 122 valence electrons. The largest absolute Gasteiger partial charge is 0.385 e. The lowest BCUT2D eigenvalue weighted by Crippen LogP contribution is -2.19. The van der Waals surface area contributed by atoms with Crippen LogP contribution in [0.2, 0.25) is 0 Å². The summed E-state index contributed by atoms with van der Waals surface area (Å²) in [5, 5.41) is 4.64. The number of aromatic nitrogens is 1. The summed E-state index contributed by atoms with van der Waals surface area (Å²) in [6.45, 7) is 10.5. The fourth-order valence-electron chi connectivity index (χ4n) is 2.14. The molecule has 0 aliphatic heterocycles. The molecule has 1 aromatic rings. The smallest absolute Gasteiger partial charge is 0.185 e. The maximum Gasteiger partial charge on any atom is 0.185 e. The van der Waals surface area contributed by atoms with Crippen molar-refractivity contribution in [2.75, 3.05) is 38.8 Å². The SMILES string of the molecule is CCCNCc1sc(N(C)CCCOC)nc1C(C)CC. The molecular formula is C16H31N3OS. The molecule has 0 aromatic carbocycles. The fourth-order valence-corrected chi connectivity index (χ4v) is 3.28. The Morgan fingerprint density at radius 2 is 2.14 bits per heavy atom. The van der Waals surface area contributed by atoms with Crippen LogP contribution in [-0.2, 0) is 11.3 Å². The Labute approximate surface area is 133 Å². The summed E-state index contributed by atoms with van der Waals surface area (Å²) in [5.74, 6) is 0.529. The molecule has 1 atom stereocenters. The molecule has 0 aliphatic carbocycles. The van der Waals surface area contributed by atoms with E-state index in [4.69, 9.17) is 9.72 Å². The predicted octanol–water partition coefficient (Wildman–Crippen LogP) is 3.63. The highest BCUT2D eigenvalue weighted by molar-refractivity contribution is 7.15. The molecule has 0 fully saturated rings. The van der Waals surface area contributed by atoms with Gasteiger partial charge in [-0.15, -0.1) is 11.3 Å². The highest BCUT2D eigenvalue weighted by Crippen LogP contribution is 2.31. The van der Waals surface area contributed by atoms with Gasteiger partial charge in [0.2, 0.25) is 0 Å². The van der Waals surface area contributed by atoms with Crippen molar-refractivity contribution in [1.82, 2.24) is 10.3 Å². The predicted molar refractivity (Wildman–Crippen MR) is 92.6 cm³/mol. The number of hydrogen-bond donors (Lipinski definition) is 1. The summed E-state index contributed by atoms with van der Waals surface area (Å²) in [4.78, 5) is 8.55. The van der Waals surface area contributed by atoms with Gasteiger partial charge in [-0.2, -0.15) is 0 Å². The molecule has 0 amide bonds. The Kier molecular flexibility index (Phi) is 8.88. The second-order valence-electron chi connectivity index (χ2n) is 5.56. The standard InChI is InChI=1S/C16H31N3OS/c1-6-9-17-12-14-15(13(3)7-2)18-16(21-14)19(4)10-8-11-20-5/h13,17H,6-12H2,1-5H3. The van der Waals surface area contributed by atoms with Crippen molar-refractivity contribution in [3.8, 4) is 0 Å². The van der Waals surface area contributed by atoms with Crippen molar-refractivity contribution in [3.63, 3.8) is 0 Å². The average molecular weight is 314 g/mol. The van der Waals surface area contributed by atoms with Crippen LogP contribution in [0.3, 0.4) is 0 Å². The summed E-state index contributed by atoms with van der Waals surface area (Å²) >= 11 is 1.83. The van der Waals surface area contributed by atoms with Crippen molar-refractivity contribution in [2.45, 2.75) is 52.5 Å². The first kappa shape index (κ1) is 18.4. The highest BCUT2D eigenvalue weighted by Gasteiger charge is 2.17. The zero-order chi connectivity index (χ0) is 15.7. The van der Waals surface area contributed by atoms with Gasteiger partial charge in [-0.25, -0.2) is 4.98 Å². The monoisotopic (exact) mass is 313 g/mol. The maximum absolute atomic E-state index is 5.12. The third-order valence-electron chi connectivity index (χ3n) is 3.68. The van der Waals surface area contributed by atoms with Gasteiger partial charge in [0, 0.05) is 38.7 Å². The lowest BCUT2D eigenvalue weighted by Gasteiger charge is -2.15. The van der Waals surface area contributed by atoms with Crippen LogP contribution in [-0.4, -0.2) is 38.8 Å². The van der Waals surface area contributed by atoms with Gasteiger partial charge in [0.05, 0.1) is 5.69 Å². The van der Waals surface area contributed by atoms with E-state index < -0.39 is 0 Å². The van der Waals surface area contributed by atoms with E-state index in [2.05, 4.69) is 38.0 Å². The van der Waals surface area contributed by atoms with E-state index in [1.165, 1.54) is 17.0 Å². The van der Waals surface area contributed by atoms with Crippen molar-refractivity contribution < 1.29 is 4.74 Å². The molecule has 0 bridgehead atoms. The number of thiazole rings is 1. The molecule has 21 heavy (non-hydrogen) atoms. The minimum Gasteiger partial charge on any atom is -0.385 e. The molecule has 4 nitrogen and oxygen atoms in total. The first-order valence-corrected chi connectivity index (χ1v) is 8.86. The summed E-state index contributed by atoms with van der Waals surface area (Å²) < 4.78 is 5.12. The quantitative estimate of drug-likeness (QED) is 0.633. The molecule has 0 saturated carbocycles. The molecule has 0 aliphatic rings. The van der Waals surface area contributed by atoms with Gasteiger partial charge in [-0.1, -0.05) is 20.8 Å². The van der Waals surface area contributed by atoms with E-state index in [0.717, 1.165) is 44.2 Å². The summed E-state index contributed by atoms with van der Waals surface area (Å²) in [5.41, 5.74) is 1.28. The van der Waals surface area contributed by atoms with Gasteiger partial charge in [0.15, 0.2) is 5.13 Å². The topological polar surface area (TPSA) is 37.4 Å². The molecule has 1 heterocycles. The van der Waals surface area contributed by atoms with Crippen LogP contribution in [0.4, 0.5) is 5.13 Å². The highest BCUT2D eigenvalue weighted by atomic mass is 32.1. The second-order valence-corrected chi connectivity index (χ2v) is 6.62. The van der Waals surface area contributed by atoms with Gasteiger partial charge in [0.25, 0.3) is 0 Å². The number of rotatable bonds is 11. The molecule has 0 spiro atoms. The van der Waals surface area contributed by atoms with Crippen molar-refractivity contribution in [1.29, 1.82) is 0 Å². The average Bonchev–Trinajstić information content (AvgIpc) is 2.91. The molecular weight excluding hydrogens is 282 g/mol. The van der Waals surface area contributed by atoms with Crippen molar-refractivity contribution in [3.05, 3.63) is 10.6 Å². The number of methoxy groups -OCH3 is 1. The van der Waals surface area contributed by atoms with Gasteiger partial charge in [-0.3, -0.25) is 0 Å². The molecule has 1 unspecified atom stereocenters. The minimum absolute atomic E-state index is 0.529. The van der Waals surface area contributed by atoms with Crippen molar-refractivity contribution in [2.24, 2.45) is 0 Å². The van der Waals surface area contributed by atoms with Gasteiger partial charge >= 0.3 is 0 Å². The number of nitrogens with one attached hydrogen (secondary N) is 1. The zero-order valence-corrected chi connectivity index (χ0v) is 15.1. The van der Waals surface area contributed by atoms with Gasteiger partial charge in [-0.05, 0) is 31.7 Å². The Bertz CT molecular complexity index is 395. The molecule has 1 aromatic heterocycles. The number of ether oxygens (including phenoxy) is 1. The van der Waals surface area contributed by atoms with Crippen LogP contribution in [0.1, 0.15) is 56.5 Å². The first-order chi connectivity index (χ1) is 10.1. The Balaban J connectivity index is 2.75. The summed E-state index contributed by atoms with van der Waals surface area (Å²) in [6, 6.07) is 0. The first-order valence-electron chi connectivity index (χ1n) is 8.04. The minimum atomic E-state index is 0.529. The third-order valence-corrected chi connectivity index (χ3v) is 4.86. The Morgan fingerprint density at radius 1 is 1.38 bits per heavy atom. The van der Waals surface area contributed by atoms with E-state index in [1.54, 1.807) is 7.11 Å². The fraction of sp³-hybridized carbons (Fsp3) is 0.812. The number of hydrogen-bond acceptors (Lipinski definition) is 5. The molecule has 0 saturated heterocycles. The zero-order valence-electron chi connectivity index (χ0n) is 14.2. The van der Waals surface area contributed by atoms with Crippen LogP contribution in [0.5, 0.6) is 0 Å².